The van der Waals surface area contributed by atoms with Crippen molar-refractivity contribution in [3.8, 4) is 5.75 Å². The summed E-state index contributed by atoms with van der Waals surface area (Å²) in [5.41, 5.74) is 4.85. The Morgan fingerprint density at radius 3 is 2.58 bits per heavy atom. The summed E-state index contributed by atoms with van der Waals surface area (Å²) in [6, 6.07) is 22.8. The van der Waals surface area contributed by atoms with Gasteiger partial charge in [0.1, 0.15) is 19.0 Å². The third kappa shape index (κ3) is 4.24. The molecule has 0 radical (unpaired) electrons. The van der Waals surface area contributed by atoms with Crippen LogP contribution in [0.1, 0.15) is 29.0 Å². The second-order valence-electron chi connectivity index (χ2n) is 8.25. The maximum absolute atomic E-state index is 13.2. The van der Waals surface area contributed by atoms with Crippen molar-refractivity contribution in [3.05, 3.63) is 106 Å². The fourth-order valence-corrected chi connectivity index (χ4v) is 4.61. The molecule has 0 N–H and O–H groups in total. The van der Waals surface area contributed by atoms with E-state index in [2.05, 4.69) is 0 Å². The second-order valence-corrected chi connectivity index (χ2v) is 8.69. The van der Waals surface area contributed by atoms with Gasteiger partial charge in [0.05, 0.1) is 11.3 Å². The van der Waals surface area contributed by atoms with Gasteiger partial charge in [-0.05, 0) is 60.0 Å². The summed E-state index contributed by atoms with van der Waals surface area (Å²) in [7, 11) is 0. The number of nitrogens with zero attached hydrogens (tertiary/aromatic N) is 1. The van der Waals surface area contributed by atoms with Crippen LogP contribution < -0.4 is 9.64 Å². The van der Waals surface area contributed by atoms with Crippen LogP contribution in [0.2, 0.25) is 5.02 Å². The number of esters is 1. The standard InChI is InChI=1S/C27H22ClNO4/c1-17-4-2-7-21(12-17)29-24-16-33-27(31)26(24)23(14-25(29)30)19-8-10-22(11-9-19)32-15-18-5-3-6-20(28)13-18/h2-13,23H,14-16H2,1H3. The Balaban J connectivity index is 1.40. The van der Waals surface area contributed by atoms with Gasteiger partial charge in [-0.2, -0.15) is 0 Å². The Bertz CT molecular complexity index is 1270. The van der Waals surface area contributed by atoms with E-state index < -0.39 is 0 Å². The molecule has 2 aliphatic rings. The van der Waals surface area contributed by atoms with Gasteiger partial charge in [0.25, 0.3) is 0 Å². The predicted octanol–water partition coefficient (Wildman–Crippen LogP) is 5.56. The number of rotatable bonds is 5. The lowest BCUT2D eigenvalue weighted by Crippen LogP contribution is -2.37. The first kappa shape index (κ1) is 21.3. The number of carbonyl (C=O) groups excluding carboxylic acids is 2. The molecule has 0 saturated heterocycles. The van der Waals surface area contributed by atoms with Gasteiger partial charge >= 0.3 is 5.97 Å². The highest BCUT2D eigenvalue weighted by Gasteiger charge is 2.42. The van der Waals surface area contributed by atoms with Crippen LogP contribution in [-0.4, -0.2) is 18.5 Å². The second kappa shape index (κ2) is 8.75. The van der Waals surface area contributed by atoms with Crippen LogP contribution in [0.5, 0.6) is 5.75 Å². The largest absolute Gasteiger partial charge is 0.489 e. The van der Waals surface area contributed by atoms with E-state index in [1.165, 1.54) is 0 Å². The molecule has 3 aromatic rings. The lowest BCUT2D eigenvalue weighted by Gasteiger charge is -2.32. The molecule has 1 atom stereocenters. The van der Waals surface area contributed by atoms with Crippen LogP contribution in [0.3, 0.4) is 0 Å². The zero-order chi connectivity index (χ0) is 22.9. The number of anilines is 1. The van der Waals surface area contributed by atoms with E-state index in [4.69, 9.17) is 21.1 Å². The van der Waals surface area contributed by atoms with Crippen molar-refractivity contribution in [2.45, 2.75) is 25.9 Å². The Labute approximate surface area is 197 Å². The number of cyclic esters (lactones) is 1. The molecule has 0 aromatic heterocycles. The van der Waals surface area contributed by atoms with Gasteiger partial charge < -0.3 is 9.47 Å². The molecule has 6 heteroatoms. The molecule has 0 bridgehead atoms. The molecular weight excluding hydrogens is 438 g/mol. The van der Waals surface area contributed by atoms with Crippen molar-refractivity contribution < 1.29 is 19.1 Å². The number of ether oxygens (including phenoxy) is 2. The summed E-state index contributed by atoms with van der Waals surface area (Å²) in [6.45, 7) is 2.47. The number of benzene rings is 3. The number of aryl methyl sites for hydroxylation is 1. The van der Waals surface area contributed by atoms with E-state index >= 15 is 0 Å². The van der Waals surface area contributed by atoms with E-state index in [0.717, 1.165) is 22.4 Å². The van der Waals surface area contributed by atoms with Crippen LogP contribution in [-0.2, 0) is 20.9 Å². The van der Waals surface area contributed by atoms with Crippen molar-refractivity contribution in [1.29, 1.82) is 0 Å². The van der Waals surface area contributed by atoms with Gasteiger partial charge in [0, 0.05) is 23.0 Å². The Morgan fingerprint density at radius 2 is 1.82 bits per heavy atom. The van der Waals surface area contributed by atoms with Crippen LogP contribution in [0.4, 0.5) is 5.69 Å². The first-order valence-corrected chi connectivity index (χ1v) is 11.1. The maximum atomic E-state index is 13.2. The molecular formula is C27H22ClNO4. The van der Waals surface area contributed by atoms with Gasteiger partial charge in [-0.15, -0.1) is 0 Å². The minimum atomic E-state index is -0.360. The quantitative estimate of drug-likeness (QED) is 0.469. The Kier molecular flexibility index (Phi) is 5.65. The number of hydrogen-bond acceptors (Lipinski definition) is 4. The third-order valence-electron chi connectivity index (χ3n) is 5.95. The Morgan fingerprint density at radius 1 is 1.03 bits per heavy atom. The average Bonchev–Trinajstić information content (AvgIpc) is 3.19. The zero-order valence-electron chi connectivity index (χ0n) is 18.1. The number of hydrogen-bond donors (Lipinski definition) is 0. The van der Waals surface area contributed by atoms with Crippen molar-refractivity contribution in [2.24, 2.45) is 0 Å². The van der Waals surface area contributed by atoms with E-state index in [-0.39, 0.29) is 30.8 Å². The summed E-state index contributed by atoms with van der Waals surface area (Å²) >= 11 is 6.03. The first-order chi connectivity index (χ1) is 16.0. The minimum absolute atomic E-state index is 0.0519. The molecule has 0 fully saturated rings. The van der Waals surface area contributed by atoms with Crippen molar-refractivity contribution in [1.82, 2.24) is 0 Å². The highest BCUT2D eigenvalue weighted by atomic mass is 35.5. The summed E-state index contributed by atoms with van der Waals surface area (Å²) in [5, 5.41) is 0.667. The summed E-state index contributed by atoms with van der Waals surface area (Å²) in [4.78, 5) is 27.5. The topological polar surface area (TPSA) is 55.8 Å². The highest BCUT2D eigenvalue weighted by molar-refractivity contribution is 6.30. The molecule has 1 unspecified atom stereocenters. The van der Waals surface area contributed by atoms with Gasteiger partial charge in [0.15, 0.2) is 0 Å². The monoisotopic (exact) mass is 459 g/mol. The van der Waals surface area contributed by atoms with Crippen LogP contribution in [0, 0.1) is 6.92 Å². The zero-order valence-corrected chi connectivity index (χ0v) is 18.8. The van der Waals surface area contributed by atoms with Crippen molar-refractivity contribution in [2.75, 3.05) is 11.5 Å². The number of carbonyl (C=O) groups is 2. The van der Waals surface area contributed by atoms with E-state index in [1.54, 1.807) is 4.90 Å². The van der Waals surface area contributed by atoms with Gasteiger partial charge in [-0.1, -0.05) is 48.0 Å². The third-order valence-corrected chi connectivity index (χ3v) is 6.19. The van der Waals surface area contributed by atoms with Crippen molar-refractivity contribution >= 4 is 29.2 Å². The molecule has 166 valence electrons. The summed E-state index contributed by atoms with van der Waals surface area (Å²) in [6.07, 6.45) is 0.199. The average molecular weight is 460 g/mol. The molecule has 33 heavy (non-hydrogen) atoms. The van der Waals surface area contributed by atoms with Crippen LogP contribution in [0.25, 0.3) is 0 Å². The first-order valence-electron chi connectivity index (χ1n) is 10.8. The Hall–Kier alpha value is -3.57. The van der Waals surface area contributed by atoms with Gasteiger partial charge in [0.2, 0.25) is 5.91 Å². The molecule has 0 aliphatic carbocycles. The molecule has 1 amide bonds. The highest BCUT2D eigenvalue weighted by Crippen LogP contribution is 2.42. The number of amides is 1. The summed E-state index contributed by atoms with van der Waals surface area (Å²) in [5.74, 6) is -0.0543. The van der Waals surface area contributed by atoms with E-state index in [1.807, 2.05) is 79.7 Å². The predicted molar refractivity (Wildman–Crippen MR) is 126 cm³/mol. The molecule has 0 saturated carbocycles. The van der Waals surface area contributed by atoms with E-state index in [0.29, 0.717) is 28.6 Å². The molecule has 5 rings (SSSR count). The molecule has 0 spiro atoms. The molecule has 3 aromatic carbocycles. The lowest BCUT2D eigenvalue weighted by molar-refractivity contribution is -0.136. The fourth-order valence-electron chi connectivity index (χ4n) is 4.40. The fraction of sp³-hybridized carbons (Fsp3) is 0.185. The van der Waals surface area contributed by atoms with Crippen LogP contribution >= 0.6 is 11.6 Å². The molecule has 2 aliphatic heterocycles. The van der Waals surface area contributed by atoms with Crippen LogP contribution in [0.15, 0.2) is 84.1 Å². The minimum Gasteiger partial charge on any atom is -0.489 e. The smallest absolute Gasteiger partial charge is 0.336 e. The SMILES string of the molecule is Cc1cccc(N2C(=O)CC(c3ccc(OCc4cccc(Cl)c4)cc3)C3=C2COC3=O)c1. The molecule has 5 nitrogen and oxygen atoms in total. The lowest BCUT2D eigenvalue weighted by atomic mass is 9.84. The summed E-state index contributed by atoms with van der Waals surface area (Å²) < 4.78 is 11.2. The maximum Gasteiger partial charge on any atom is 0.336 e. The van der Waals surface area contributed by atoms with Gasteiger partial charge in [-0.25, -0.2) is 4.79 Å². The van der Waals surface area contributed by atoms with Gasteiger partial charge in [-0.3, -0.25) is 9.69 Å². The van der Waals surface area contributed by atoms with E-state index in [9.17, 15) is 9.59 Å². The van der Waals surface area contributed by atoms with Crippen molar-refractivity contribution in [3.63, 3.8) is 0 Å². The number of halogens is 1. The normalized spacial score (nSPS) is 17.8. The molecule has 2 heterocycles.